The van der Waals surface area contributed by atoms with E-state index >= 15 is 0 Å². The maximum absolute atomic E-state index is 12.7. The number of hydrogen-bond donors (Lipinski definition) is 1. The number of β-amino-alcohol motifs (C(OH)–C–C–N with tert-alkyl or cyclic N) is 1. The molecule has 0 saturated carbocycles. The highest BCUT2D eigenvalue weighted by molar-refractivity contribution is 5.78. The zero-order valence-corrected chi connectivity index (χ0v) is 13.8. The highest BCUT2D eigenvalue weighted by atomic mass is 16.3. The highest BCUT2D eigenvalue weighted by Gasteiger charge is 2.34. The molecule has 2 rings (SSSR count). The van der Waals surface area contributed by atoms with Crippen LogP contribution in [0.15, 0.2) is 0 Å². The van der Waals surface area contributed by atoms with Crippen molar-refractivity contribution < 1.29 is 9.90 Å². The minimum atomic E-state index is -0.286. The molecule has 0 aromatic carbocycles. The van der Waals surface area contributed by atoms with Gasteiger partial charge in [0.15, 0.2) is 0 Å². The Labute approximate surface area is 128 Å². The number of hydrogen-bond acceptors (Lipinski definition) is 4. The third-order valence-electron chi connectivity index (χ3n) is 4.84. The molecule has 0 aromatic rings. The number of aliphatic hydroxyl groups excluding tert-OH is 1. The first-order valence-corrected chi connectivity index (χ1v) is 8.37. The maximum Gasteiger partial charge on any atom is 0.237 e. The molecule has 1 N–H and O–H groups in total. The second-order valence-corrected chi connectivity index (χ2v) is 6.88. The van der Waals surface area contributed by atoms with Crippen molar-refractivity contribution in [2.75, 3.05) is 40.3 Å². The Bertz CT molecular complexity index is 348. The standard InChI is InChI=1S/C16H31N3O2/c1-4-13-7-5-6-8-19(13)16(21)12-18-11-15(20)9-14(18)10-17(2)3/h13-15,20H,4-12H2,1-3H3. The van der Waals surface area contributed by atoms with E-state index in [1.807, 2.05) is 14.1 Å². The summed E-state index contributed by atoms with van der Waals surface area (Å²) in [6, 6.07) is 0.717. The van der Waals surface area contributed by atoms with Gasteiger partial charge in [-0.2, -0.15) is 0 Å². The first-order chi connectivity index (χ1) is 10.0. The van der Waals surface area contributed by atoms with Crippen molar-refractivity contribution in [2.24, 2.45) is 0 Å². The normalized spacial score (nSPS) is 31.1. The molecule has 0 spiro atoms. The van der Waals surface area contributed by atoms with Crippen molar-refractivity contribution in [2.45, 2.75) is 57.2 Å². The number of carbonyl (C=O) groups excluding carboxylic acids is 1. The minimum Gasteiger partial charge on any atom is -0.392 e. The molecule has 3 atom stereocenters. The highest BCUT2D eigenvalue weighted by Crippen LogP contribution is 2.22. The maximum atomic E-state index is 12.7. The summed E-state index contributed by atoms with van der Waals surface area (Å²) in [6.45, 7) is 5.08. The van der Waals surface area contributed by atoms with Crippen LogP contribution in [0.5, 0.6) is 0 Å². The van der Waals surface area contributed by atoms with Crippen LogP contribution in [0.3, 0.4) is 0 Å². The number of piperidine rings is 1. The lowest BCUT2D eigenvalue weighted by molar-refractivity contribution is -0.136. The van der Waals surface area contributed by atoms with Gasteiger partial charge in [-0.05, 0) is 46.2 Å². The van der Waals surface area contributed by atoms with Crippen molar-refractivity contribution in [3.8, 4) is 0 Å². The van der Waals surface area contributed by atoms with Crippen LogP contribution in [-0.2, 0) is 4.79 Å². The lowest BCUT2D eigenvalue weighted by Gasteiger charge is -2.37. The summed E-state index contributed by atoms with van der Waals surface area (Å²) in [5.41, 5.74) is 0. The van der Waals surface area contributed by atoms with Gasteiger partial charge >= 0.3 is 0 Å². The fraction of sp³-hybridized carbons (Fsp3) is 0.938. The smallest absolute Gasteiger partial charge is 0.237 e. The molecule has 0 bridgehead atoms. The minimum absolute atomic E-state index is 0.249. The van der Waals surface area contributed by atoms with Crippen LogP contribution < -0.4 is 0 Å². The Morgan fingerprint density at radius 2 is 2.05 bits per heavy atom. The zero-order chi connectivity index (χ0) is 15.4. The van der Waals surface area contributed by atoms with E-state index in [4.69, 9.17) is 0 Å². The Hall–Kier alpha value is -0.650. The van der Waals surface area contributed by atoms with Gasteiger partial charge in [0.25, 0.3) is 0 Å². The largest absolute Gasteiger partial charge is 0.392 e. The summed E-state index contributed by atoms with van der Waals surface area (Å²) < 4.78 is 0. The van der Waals surface area contributed by atoms with E-state index < -0.39 is 0 Å². The predicted octanol–water partition coefficient (Wildman–Crippen LogP) is 0.774. The topological polar surface area (TPSA) is 47.0 Å². The zero-order valence-electron chi connectivity index (χ0n) is 13.8. The number of amides is 1. The number of likely N-dealkylation sites (N-methyl/N-ethyl adjacent to an activating group) is 1. The number of rotatable bonds is 5. The summed E-state index contributed by atoms with van der Waals surface area (Å²) in [4.78, 5) is 19.0. The molecule has 122 valence electrons. The Kier molecular flexibility index (Phi) is 6.02. The van der Waals surface area contributed by atoms with Gasteiger partial charge in [0, 0.05) is 31.7 Å². The van der Waals surface area contributed by atoms with Crippen LogP contribution in [0, 0.1) is 0 Å². The molecule has 2 aliphatic rings. The molecule has 0 aromatic heterocycles. The SMILES string of the molecule is CCC1CCCCN1C(=O)CN1CC(O)CC1CN(C)C. The van der Waals surface area contributed by atoms with Crippen molar-refractivity contribution in [3.63, 3.8) is 0 Å². The van der Waals surface area contributed by atoms with E-state index in [9.17, 15) is 9.90 Å². The number of carbonyl (C=O) groups is 1. The van der Waals surface area contributed by atoms with E-state index in [1.165, 1.54) is 6.42 Å². The molecule has 3 unspecified atom stereocenters. The van der Waals surface area contributed by atoms with Crippen molar-refractivity contribution >= 4 is 5.91 Å². The van der Waals surface area contributed by atoms with Gasteiger partial charge in [0.1, 0.15) is 0 Å². The van der Waals surface area contributed by atoms with Gasteiger partial charge < -0.3 is 14.9 Å². The lowest BCUT2D eigenvalue weighted by Crippen LogP contribution is -2.49. The van der Waals surface area contributed by atoms with Gasteiger partial charge in [-0.1, -0.05) is 6.92 Å². The molecule has 1 amide bonds. The summed E-state index contributed by atoms with van der Waals surface area (Å²) in [7, 11) is 4.09. The summed E-state index contributed by atoms with van der Waals surface area (Å²) >= 11 is 0. The Morgan fingerprint density at radius 1 is 1.29 bits per heavy atom. The van der Waals surface area contributed by atoms with Crippen molar-refractivity contribution in [1.29, 1.82) is 0 Å². The second kappa shape index (κ2) is 7.56. The van der Waals surface area contributed by atoms with Gasteiger partial charge in [0.2, 0.25) is 5.91 Å². The van der Waals surface area contributed by atoms with Gasteiger partial charge in [0.05, 0.1) is 12.6 Å². The van der Waals surface area contributed by atoms with Crippen molar-refractivity contribution in [1.82, 2.24) is 14.7 Å². The van der Waals surface area contributed by atoms with Gasteiger partial charge in [-0.15, -0.1) is 0 Å². The molecule has 0 aliphatic carbocycles. The van der Waals surface area contributed by atoms with Crippen LogP contribution in [0.1, 0.15) is 39.0 Å². The average molecular weight is 297 g/mol. The van der Waals surface area contributed by atoms with Crippen LogP contribution in [0.25, 0.3) is 0 Å². The molecule has 21 heavy (non-hydrogen) atoms. The molecular formula is C16H31N3O2. The molecule has 2 heterocycles. The second-order valence-electron chi connectivity index (χ2n) is 6.88. The number of nitrogens with zero attached hydrogens (tertiary/aromatic N) is 3. The van der Waals surface area contributed by atoms with E-state index in [-0.39, 0.29) is 12.0 Å². The predicted molar refractivity (Wildman–Crippen MR) is 84.2 cm³/mol. The van der Waals surface area contributed by atoms with Crippen LogP contribution in [0.4, 0.5) is 0 Å². The van der Waals surface area contributed by atoms with E-state index in [1.54, 1.807) is 0 Å². The monoisotopic (exact) mass is 297 g/mol. The molecule has 2 aliphatic heterocycles. The van der Waals surface area contributed by atoms with Crippen LogP contribution in [-0.4, -0.2) is 84.2 Å². The van der Waals surface area contributed by atoms with Crippen molar-refractivity contribution in [3.05, 3.63) is 0 Å². The Balaban J connectivity index is 1.93. The molecule has 5 nitrogen and oxygen atoms in total. The van der Waals surface area contributed by atoms with Gasteiger partial charge in [-0.25, -0.2) is 0 Å². The quantitative estimate of drug-likeness (QED) is 0.814. The average Bonchev–Trinajstić information content (AvgIpc) is 2.77. The third-order valence-corrected chi connectivity index (χ3v) is 4.84. The third kappa shape index (κ3) is 4.41. The summed E-state index contributed by atoms with van der Waals surface area (Å²) in [6.07, 6.45) is 5.07. The first-order valence-electron chi connectivity index (χ1n) is 8.37. The molecular weight excluding hydrogens is 266 g/mol. The van der Waals surface area contributed by atoms with Gasteiger partial charge in [-0.3, -0.25) is 9.69 Å². The van der Waals surface area contributed by atoms with Crippen LogP contribution in [0.2, 0.25) is 0 Å². The number of likely N-dealkylation sites (tertiary alicyclic amines) is 2. The Morgan fingerprint density at radius 3 is 2.71 bits per heavy atom. The molecule has 2 saturated heterocycles. The number of aliphatic hydroxyl groups is 1. The van der Waals surface area contributed by atoms with E-state index in [2.05, 4.69) is 21.6 Å². The van der Waals surface area contributed by atoms with E-state index in [0.717, 1.165) is 38.8 Å². The molecule has 5 heteroatoms. The van der Waals surface area contributed by atoms with E-state index in [0.29, 0.717) is 25.2 Å². The first kappa shape index (κ1) is 16.7. The summed E-state index contributed by atoms with van der Waals surface area (Å²) in [5, 5.41) is 9.92. The fourth-order valence-corrected chi connectivity index (χ4v) is 3.78. The lowest BCUT2D eigenvalue weighted by atomic mass is 10.00. The molecule has 2 fully saturated rings. The van der Waals surface area contributed by atoms with Crippen LogP contribution >= 0.6 is 0 Å². The fourth-order valence-electron chi connectivity index (χ4n) is 3.78. The molecule has 0 radical (unpaired) electrons. The summed E-state index contributed by atoms with van der Waals surface area (Å²) in [5.74, 6) is 0.249.